The SMILES string of the molecule is Cc1ccc(S(=O)(=O)N(CC(=O)N(C)C2CCCC2)c2cccc(Br)c2)cc1. The van der Waals surface area contributed by atoms with Gasteiger partial charge >= 0.3 is 0 Å². The molecular weight excluding hydrogens is 440 g/mol. The average Bonchev–Trinajstić information content (AvgIpc) is 3.20. The van der Waals surface area contributed by atoms with E-state index in [4.69, 9.17) is 0 Å². The molecule has 150 valence electrons. The van der Waals surface area contributed by atoms with Crippen LogP contribution in [0.4, 0.5) is 5.69 Å². The molecule has 0 aromatic heterocycles. The van der Waals surface area contributed by atoms with Crippen LogP contribution in [-0.4, -0.2) is 38.9 Å². The summed E-state index contributed by atoms with van der Waals surface area (Å²) in [5.74, 6) is -0.192. The molecule has 2 aromatic rings. The standard InChI is InChI=1S/C21H25BrN2O3S/c1-16-10-12-20(13-11-16)28(26,27)24(19-9-5-6-17(22)14-19)15-21(25)23(2)18-7-3-4-8-18/h5-6,9-14,18H,3-4,7-8,15H2,1-2H3. The molecule has 0 spiro atoms. The summed E-state index contributed by atoms with van der Waals surface area (Å²) in [6, 6.07) is 13.9. The van der Waals surface area contributed by atoms with Crippen LogP contribution in [0.3, 0.4) is 0 Å². The molecule has 1 aliphatic rings. The van der Waals surface area contributed by atoms with Crippen LogP contribution in [-0.2, 0) is 14.8 Å². The third kappa shape index (κ3) is 4.58. The summed E-state index contributed by atoms with van der Waals surface area (Å²) in [5, 5.41) is 0. The monoisotopic (exact) mass is 464 g/mol. The molecule has 0 atom stereocenters. The largest absolute Gasteiger partial charge is 0.341 e. The van der Waals surface area contributed by atoms with Crippen molar-refractivity contribution in [2.45, 2.75) is 43.5 Å². The first-order valence-electron chi connectivity index (χ1n) is 9.39. The minimum Gasteiger partial charge on any atom is -0.341 e. The van der Waals surface area contributed by atoms with Crippen LogP contribution >= 0.6 is 15.9 Å². The van der Waals surface area contributed by atoms with Gasteiger partial charge in [-0.1, -0.05) is 52.5 Å². The van der Waals surface area contributed by atoms with Gasteiger partial charge in [-0.05, 0) is 50.1 Å². The van der Waals surface area contributed by atoms with E-state index < -0.39 is 10.0 Å². The average molecular weight is 465 g/mol. The second-order valence-corrected chi connectivity index (χ2v) is 10.0. The quantitative estimate of drug-likeness (QED) is 0.637. The topological polar surface area (TPSA) is 57.7 Å². The number of likely N-dealkylation sites (N-methyl/N-ethyl adjacent to an activating group) is 1. The molecule has 1 aliphatic carbocycles. The van der Waals surface area contributed by atoms with Crippen LogP contribution in [0.5, 0.6) is 0 Å². The highest BCUT2D eigenvalue weighted by atomic mass is 79.9. The molecule has 0 N–H and O–H groups in total. The van der Waals surface area contributed by atoms with Gasteiger partial charge in [0.15, 0.2) is 0 Å². The molecule has 3 rings (SSSR count). The number of halogens is 1. The Morgan fingerprint density at radius 3 is 2.36 bits per heavy atom. The number of carbonyl (C=O) groups is 1. The van der Waals surface area contributed by atoms with Crippen LogP contribution in [0.2, 0.25) is 0 Å². The molecule has 0 unspecified atom stereocenters. The van der Waals surface area contributed by atoms with E-state index in [-0.39, 0.29) is 23.4 Å². The van der Waals surface area contributed by atoms with Crippen LogP contribution in [0.15, 0.2) is 57.9 Å². The number of carbonyl (C=O) groups excluding carboxylic acids is 1. The fraction of sp³-hybridized carbons (Fsp3) is 0.381. The van der Waals surface area contributed by atoms with Crippen molar-refractivity contribution in [1.29, 1.82) is 0 Å². The van der Waals surface area contributed by atoms with E-state index in [2.05, 4.69) is 15.9 Å². The number of amides is 1. The maximum atomic E-state index is 13.4. The molecule has 0 heterocycles. The molecule has 1 amide bonds. The third-order valence-corrected chi connectivity index (χ3v) is 7.53. The first-order chi connectivity index (χ1) is 13.3. The Bertz CT molecular complexity index is 938. The van der Waals surface area contributed by atoms with Crippen LogP contribution in [0.25, 0.3) is 0 Å². The smallest absolute Gasteiger partial charge is 0.264 e. The summed E-state index contributed by atoms with van der Waals surface area (Å²) in [4.78, 5) is 14.8. The Kier molecular flexibility index (Phi) is 6.45. The number of aryl methyl sites for hydroxylation is 1. The van der Waals surface area contributed by atoms with Gasteiger partial charge < -0.3 is 4.90 Å². The fourth-order valence-electron chi connectivity index (χ4n) is 3.51. The molecule has 1 fully saturated rings. The molecule has 2 aromatic carbocycles. The predicted molar refractivity (Wildman–Crippen MR) is 115 cm³/mol. The van der Waals surface area contributed by atoms with Gasteiger partial charge in [0.2, 0.25) is 5.91 Å². The number of benzene rings is 2. The highest BCUT2D eigenvalue weighted by molar-refractivity contribution is 9.10. The van der Waals surface area contributed by atoms with Gasteiger partial charge in [0.1, 0.15) is 6.54 Å². The van der Waals surface area contributed by atoms with Crippen molar-refractivity contribution in [1.82, 2.24) is 4.90 Å². The molecule has 5 nitrogen and oxygen atoms in total. The van der Waals surface area contributed by atoms with E-state index in [1.165, 1.54) is 4.31 Å². The summed E-state index contributed by atoms with van der Waals surface area (Å²) >= 11 is 3.40. The molecule has 7 heteroatoms. The van der Waals surface area contributed by atoms with E-state index in [9.17, 15) is 13.2 Å². The molecule has 1 saturated carbocycles. The van der Waals surface area contributed by atoms with Crippen molar-refractivity contribution >= 4 is 37.5 Å². The number of nitrogens with zero attached hydrogens (tertiary/aromatic N) is 2. The van der Waals surface area contributed by atoms with Crippen LogP contribution < -0.4 is 4.31 Å². The summed E-state index contributed by atoms with van der Waals surface area (Å²) in [7, 11) is -2.10. The number of hydrogen-bond donors (Lipinski definition) is 0. The maximum Gasteiger partial charge on any atom is 0.264 e. The minimum absolute atomic E-state index is 0.175. The second-order valence-electron chi connectivity index (χ2n) is 7.25. The lowest BCUT2D eigenvalue weighted by molar-refractivity contribution is -0.130. The molecule has 0 aliphatic heterocycles. The van der Waals surface area contributed by atoms with Gasteiger partial charge in [-0.15, -0.1) is 0 Å². The Hall–Kier alpha value is -1.86. The number of anilines is 1. The first kappa shape index (κ1) is 20.9. The highest BCUT2D eigenvalue weighted by Gasteiger charge is 2.30. The lowest BCUT2D eigenvalue weighted by Gasteiger charge is -2.29. The Morgan fingerprint density at radius 1 is 1.11 bits per heavy atom. The zero-order chi connectivity index (χ0) is 20.3. The summed E-state index contributed by atoms with van der Waals surface area (Å²) in [6.07, 6.45) is 4.17. The van der Waals surface area contributed by atoms with Crippen molar-refractivity contribution in [2.24, 2.45) is 0 Å². The lowest BCUT2D eigenvalue weighted by Crippen LogP contribution is -2.44. The Labute approximate surface area is 175 Å². The molecular formula is C21H25BrN2O3S. The van der Waals surface area contributed by atoms with E-state index in [0.29, 0.717) is 5.69 Å². The van der Waals surface area contributed by atoms with Crippen molar-refractivity contribution in [3.8, 4) is 0 Å². The first-order valence-corrected chi connectivity index (χ1v) is 11.6. The fourth-order valence-corrected chi connectivity index (χ4v) is 5.31. The normalized spacial score (nSPS) is 14.8. The summed E-state index contributed by atoms with van der Waals surface area (Å²) in [5.41, 5.74) is 1.44. The summed E-state index contributed by atoms with van der Waals surface area (Å²) < 4.78 is 28.7. The second kappa shape index (κ2) is 8.66. The Balaban J connectivity index is 1.95. The number of hydrogen-bond acceptors (Lipinski definition) is 3. The molecule has 0 radical (unpaired) electrons. The minimum atomic E-state index is -3.87. The molecule has 0 bridgehead atoms. The third-order valence-electron chi connectivity index (χ3n) is 5.25. The van der Waals surface area contributed by atoms with Gasteiger partial charge in [0, 0.05) is 17.6 Å². The lowest BCUT2D eigenvalue weighted by atomic mass is 10.2. The number of sulfonamides is 1. The zero-order valence-electron chi connectivity index (χ0n) is 16.1. The van der Waals surface area contributed by atoms with Gasteiger partial charge in [-0.25, -0.2) is 8.42 Å². The molecule has 28 heavy (non-hydrogen) atoms. The van der Waals surface area contributed by atoms with Crippen molar-refractivity contribution in [3.05, 3.63) is 58.6 Å². The van der Waals surface area contributed by atoms with E-state index in [0.717, 1.165) is 35.7 Å². The van der Waals surface area contributed by atoms with Crippen LogP contribution in [0.1, 0.15) is 31.2 Å². The van der Waals surface area contributed by atoms with Gasteiger partial charge in [0.05, 0.1) is 10.6 Å². The van der Waals surface area contributed by atoms with Gasteiger partial charge in [0.25, 0.3) is 10.0 Å². The van der Waals surface area contributed by atoms with Crippen LogP contribution in [0, 0.1) is 6.92 Å². The maximum absolute atomic E-state index is 13.4. The van der Waals surface area contributed by atoms with Crippen molar-refractivity contribution < 1.29 is 13.2 Å². The van der Waals surface area contributed by atoms with E-state index in [1.54, 1.807) is 54.4 Å². The predicted octanol–water partition coefficient (Wildman–Crippen LogP) is 4.35. The highest BCUT2D eigenvalue weighted by Crippen LogP contribution is 2.28. The summed E-state index contributed by atoms with van der Waals surface area (Å²) in [6.45, 7) is 1.68. The Morgan fingerprint density at radius 2 is 1.75 bits per heavy atom. The zero-order valence-corrected chi connectivity index (χ0v) is 18.5. The molecule has 0 saturated heterocycles. The van der Waals surface area contributed by atoms with E-state index >= 15 is 0 Å². The van der Waals surface area contributed by atoms with E-state index in [1.807, 2.05) is 13.0 Å². The number of rotatable bonds is 6. The van der Waals surface area contributed by atoms with Crippen molar-refractivity contribution in [3.63, 3.8) is 0 Å². The van der Waals surface area contributed by atoms with Crippen molar-refractivity contribution in [2.75, 3.05) is 17.9 Å². The van der Waals surface area contributed by atoms with Gasteiger partial charge in [-0.3, -0.25) is 9.10 Å². The van der Waals surface area contributed by atoms with Gasteiger partial charge in [-0.2, -0.15) is 0 Å².